The van der Waals surface area contributed by atoms with Crippen LogP contribution in [-0.4, -0.2) is 42.5 Å². The summed E-state index contributed by atoms with van der Waals surface area (Å²) in [6.45, 7) is 4.91. The van der Waals surface area contributed by atoms with Crippen LogP contribution in [0.5, 0.6) is 5.75 Å². The lowest BCUT2D eigenvalue weighted by atomic mass is 10.1. The molecule has 0 bridgehead atoms. The van der Waals surface area contributed by atoms with Crippen molar-refractivity contribution in [2.24, 2.45) is 0 Å². The van der Waals surface area contributed by atoms with Gasteiger partial charge >= 0.3 is 0 Å². The molecule has 0 atom stereocenters. The van der Waals surface area contributed by atoms with Gasteiger partial charge in [0.25, 0.3) is 5.91 Å². The number of amides is 1. The average Bonchev–Trinajstić information content (AvgIpc) is 2.48. The predicted octanol–water partition coefficient (Wildman–Crippen LogP) is 1.75. The van der Waals surface area contributed by atoms with Gasteiger partial charge < -0.3 is 19.9 Å². The van der Waals surface area contributed by atoms with E-state index in [0.29, 0.717) is 5.56 Å². The Balaban J connectivity index is 1.93. The van der Waals surface area contributed by atoms with Gasteiger partial charge in [0.1, 0.15) is 11.9 Å². The number of hydrogen-bond donors (Lipinski definition) is 2. The Morgan fingerprint density at radius 1 is 1.33 bits per heavy atom. The molecule has 1 aromatic rings. The molecule has 1 aromatic carbocycles. The Morgan fingerprint density at radius 2 is 1.95 bits per heavy atom. The Labute approximate surface area is 125 Å². The molecule has 0 aliphatic carbocycles. The minimum absolute atomic E-state index is 0.107. The first-order valence-electron chi connectivity index (χ1n) is 7.28. The van der Waals surface area contributed by atoms with Crippen LogP contribution in [0, 0.1) is 0 Å². The normalized spacial score (nSPS) is 16.5. The number of rotatable bonds is 5. The summed E-state index contributed by atoms with van der Waals surface area (Å²) in [4.78, 5) is 12.0. The molecule has 1 heterocycles. The van der Waals surface area contributed by atoms with Crippen LogP contribution in [0.4, 0.5) is 0 Å². The molecular weight excluding hydrogens is 270 g/mol. The highest BCUT2D eigenvalue weighted by molar-refractivity contribution is 5.94. The van der Waals surface area contributed by atoms with Crippen LogP contribution in [0.25, 0.3) is 0 Å². The maximum atomic E-state index is 12.0. The maximum absolute atomic E-state index is 12.0. The van der Waals surface area contributed by atoms with Gasteiger partial charge in [0, 0.05) is 18.4 Å². The van der Waals surface area contributed by atoms with Crippen molar-refractivity contribution in [1.82, 2.24) is 5.32 Å². The number of carbonyl (C=O) groups excluding carboxylic acids is 1. The molecule has 21 heavy (non-hydrogen) atoms. The minimum atomic E-state index is -0.631. The first kappa shape index (κ1) is 15.8. The van der Waals surface area contributed by atoms with Crippen LogP contribution >= 0.6 is 0 Å². The number of ether oxygens (including phenoxy) is 2. The SMILES string of the molecule is CC(C)(CO)NC(=O)c1ccc(OC2CCOCC2)cc1. The van der Waals surface area contributed by atoms with Crippen molar-refractivity contribution in [2.75, 3.05) is 19.8 Å². The lowest BCUT2D eigenvalue weighted by Crippen LogP contribution is -2.46. The summed E-state index contributed by atoms with van der Waals surface area (Å²) in [5, 5.41) is 11.9. The largest absolute Gasteiger partial charge is 0.490 e. The van der Waals surface area contributed by atoms with Gasteiger partial charge in [-0.05, 0) is 38.1 Å². The second kappa shape index (κ2) is 6.91. The predicted molar refractivity (Wildman–Crippen MR) is 79.5 cm³/mol. The Hall–Kier alpha value is -1.59. The van der Waals surface area contributed by atoms with Gasteiger partial charge in [-0.3, -0.25) is 4.79 Å². The maximum Gasteiger partial charge on any atom is 0.251 e. The summed E-state index contributed by atoms with van der Waals surface area (Å²) in [5.41, 5.74) is -0.0789. The van der Waals surface area contributed by atoms with Crippen molar-refractivity contribution in [3.05, 3.63) is 29.8 Å². The Morgan fingerprint density at radius 3 is 2.52 bits per heavy atom. The van der Waals surface area contributed by atoms with Gasteiger partial charge in [0.05, 0.1) is 25.4 Å². The molecule has 1 amide bonds. The van der Waals surface area contributed by atoms with Crippen LogP contribution in [0.2, 0.25) is 0 Å². The summed E-state index contributed by atoms with van der Waals surface area (Å²) in [5.74, 6) is 0.562. The summed E-state index contributed by atoms with van der Waals surface area (Å²) < 4.78 is 11.2. The van der Waals surface area contributed by atoms with E-state index in [0.717, 1.165) is 31.8 Å². The van der Waals surface area contributed by atoms with Crippen molar-refractivity contribution >= 4 is 5.91 Å². The highest BCUT2D eigenvalue weighted by Gasteiger charge is 2.20. The quantitative estimate of drug-likeness (QED) is 0.868. The molecule has 1 saturated heterocycles. The molecule has 5 heteroatoms. The second-order valence-electron chi connectivity index (χ2n) is 5.95. The molecule has 0 radical (unpaired) electrons. The Bertz CT molecular complexity index is 464. The molecule has 116 valence electrons. The summed E-state index contributed by atoms with van der Waals surface area (Å²) in [6, 6.07) is 7.07. The zero-order valence-electron chi connectivity index (χ0n) is 12.6. The topological polar surface area (TPSA) is 67.8 Å². The summed E-state index contributed by atoms with van der Waals surface area (Å²) >= 11 is 0. The fourth-order valence-corrected chi connectivity index (χ4v) is 2.09. The molecule has 1 fully saturated rings. The average molecular weight is 293 g/mol. The van der Waals surface area contributed by atoms with Crippen molar-refractivity contribution in [3.8, 4) is 5.75 Å². The van der Waals surface area contributed by atoms with Crippen LogP contribution < -0.4 is 10.1 Å². The van der Waals surface area contributed by atoms with Crippen molar-refractivity contribution < 1.29 is 19.4 Å². The molecule has 0 aromatic heterocycles. The molecule has 0 spiro atoms. The Kier molecular flexibility index (Phi) is 5.20. The second-order valence-corrected chi connectivity index (χ2v) is 5.95. The number of nitrogens with one attached hydrogen (secondary N) is 1. The van der Waals surface area contributed by atoms with E-state index in [1.807, 2.05) is 0 Å². The van der Waals surface area contributed by atoms with Gasteiger partial charge in [-0.15, -0.1) is 0 Å². The van der Waals surface area contributed by atoms with Crippen molar-refractivity contribution in [2.45, 2.75) is 38.3 Å². The van der Waals surface area contributed by atoms with E-state index in [4.69, 9.17) is 9.47 Å². The van der Waals surface area contributed by atoms with E-state index in [9.17, 15) is 9.90 Å². The molecule has 0 unspecified atom stereocenters. The molecule has 1 aliphatic heterocycles. The van der Waals surface area contributed by atoms with E-state index in [1.54, 1.807) is 38.1 Å². The molecule has 2 N–H and O–H groups in total. The highest BCUT2D eigenvalue weighted by Crippen LogP contribution is 2.18. The zero-order chi connectivity index (χ0) is 15.3. The molecule has 5 nitrogen and oxygen atoms in total. The van der Waals surface area contributed by atoms with E-state index in [-0.39, 0.29) is 18.6 Å². The van der Waals surface area contributed by atoms with E-state index >= 15 is 0 Å². The standard InChI is InChI=1S/C16H23NO4/c1-16(2,11-18)17-15(19)12-3-5-13(6-4-12)21-14-7-9-20-10-8-14/h3-6,14,18H,7-11H2,1-2H3,(H,17,19). The van der Waals surface area contributed by atoms with Crippen LogP contribution in [0.1, 0.15) is 37.0 Å². The highest BCUT2D eigenvalue weighted by atomic mass is 16.5. The third-order valence-electron chi connectivity index (χ3n) is 3.43. The van der Waals surface area contributed by atoms with Crippen LogP contribution in [-0.2, 0) is 4.74 Å². The first-order valence-corrected chi connectivity index (χ1v) is 7.28. The fourth-order valence-electron chi connectivity index (χ4n) is 2.09. The van der Waals surface area contributed by atoms with E-state index in [2.05, 4.69) is 5.32 Å². The van der Waals surface area contributed by atoms with Gasteiger partial charge in [-0.1, -0.05) is 0 Å². The number of aliphatic hydroxyl groups is 1. The van der Waals surface area contributed by atoms with Gasteiger partial charge in [-0.2, -0.15) is 0 Å². The van der Waals surface area contributed by atoms with E-state index in [1.165, 1.54) is 0 Å². The third-order valence-corrected chi connectivity index (χ3v) is 3.43. The summed E-state index contributed by atoms with van der Waals surface area (Å²) in [6.07, 6.45) is 1.98. The van der Waals surface area contributed by atoms with Gasteiger partial charge in [-0.25, -0.2) is 0 Å². The molecule has 0 saturated carbocycles. The monoisotopic (exact) mass is 293 g/mol. The van der Waals surface area contributed by atoms with Crippen LogP contribution in [0.15, 0.2) is 24.3 Å². The molecule has 1 aliphatic rings. The lowest BCUT2D eigenvalue weighted by Gasteiger charge is -2.24. The minimum Gasteiger partial charge on any atom is -0.490 e. The van der Waals surface area contributed by atoms with Gasteiger partial charge in [0.2, 0.25) is 0 Å². The van der Waals surface area contributed by atoms with Crippen molar-refractivity contribution in [1.29, 1.82) is 0 Å². The van der Waals surface area contributed by atoms with Gasteiger partial charge in [0.15, 0.2) is 0 Å². The summed E-state index contributed by atoms with van der Waals surface area (Å²) in [7, 11) is 0. The zero-order valence-corrected chi connectivity index (χ0v) is 12.6. The van der Waals surface area contributed by atoms with Crippen LogP contribution in [0.3, 0.4) is 0 Å². The fraction of sp³-hybridized carbons (Fsp3) is 0.562. The van der Waals surface area contributed by atoms with Crippen molar-refractivity contribution in [3.63, 3.8) is 0 Å². The molecular formula is C16H23NO4. The number of benzene rings is 1. The smallest absolute Gasteiger partial charge is 0.251 e. The third kappa shape index (κ3) is 4.72. The number of hydrogen-bond acceptors (Lipinski definition) is 4. The number of aliphatic hydroxyl groups excluding tert-OH is 1. The lowest BCUT2D eigenvalue weighted by molar-refractivity contribution is 0.0256. The van der Waals surface area contributed by atoms with E-state index < -0.39 is 5.54 Å². The number of carbonyl (C=O) groups is 1. The molecule has 2 rings (SSSR count). The first-order chi connectivity index (χ1) is 10.00.